The molecule has 1 fully saturated rings. The van der Waals surface area contributed by atoms with E-state index in [0.717, 1.165) is 32.0 Å². The van der Waals surface area contributed by atoms with Crippen LogP contribution in [0.5, 0.6) is 0 Å². The van der Waals surface area contributed by atoms with Crippen molar-refractivity contribution in [1.82, 2.24) is 10.0 Å². The zero-order valence-electron chi connectivity index (χ0n) is 11.9. The fourth-order valence-electron chi connectivity index (χ4n) is 2.42. The zero-order chi connectivity index (χ0) is 14.8. The van der Waals surface area contributed by atoms with Gasteiger partial charge in [-0.15, -0.1) is 0 Å². The van der Waals surface area contributed by atoms with Crippen molar-refractivity contribution in [3.8, 4) is 0 Å². The Morgan fingerprint density at radius 2 is 2.00 bits per heavy atom. The third-order valence-corrected chi connectivity index (χ3v) is 5.48. The van der Waals surface area contributed by atoms with Gasteiger partial charge in [-0.3, -0.25) is 0 Å². The van der Waals surface area contributed by atoms with Gasteiger partial charge in [0.1, 0.15) is 5.82 Å². The average molecular weight is 300 g/mol. The smallest absolute Gasteiger partial charge is 0.240 e. The largest absolute Gasteiger partial charge is 0.317 e. The normalized spacial score (nSPS) is 18.9. The summed E-state index contributed by atoms with van der Waals surface area (Å²) in [5, 5.41) is 3.26. The first kappa shape index (κ1) is 15.4. The second-order valence-corrected chi connectivity index (χ2v) is 7.53. The molecule has 6 heteroatoms. The molecule has 0 radical (unpaired) electrons. The second-order valence-electron chi connectivity index (χ2n) is 5.80. The van der Waals surface area contributed by atoms with Crippen LogP contribution in [0, 0.1) is 18.2 Å². The first-order chi connectivity index (χ1) is 9.32. The summed E-state index contributed by atoms with van der Waals surface area (Å²) in [6.07, 6.45) is 1.86. The Hall–Kier alpha value is -0.980. The van der Waals surface area contributed by atoms with E-state index in [2.05, 4.69) is 17.0 Å². The van der Waals surface area contributed by atoms with Gasteiger partial charge in [0.05, 0.1) is 4.90 Å². The number of sulfonamides is 1. The van der Waals surface area contributed by atoms with Crippen molar-refractivity contribution in [1.29, 1.82) is 0 Å². The van der Waals surface area contributed by atoms with Gasteiger partial charge in [0.15, 0.2) is 0 Å². The lowest BCUT2D eigenvalue weighted by molar-refractivity contribution is 0.232. The lowest BCUT2D eigenvalue weighted by atomic mass is 9.81. The van der Waals surface area contributed by atoms with E-state index in [1.165, 1.54) is 12.1 Å². The van der Waals surface area contributed by atoms with E-state index in [1.807, 2.05) is 0 Å². The first-order valence-corrected chi connectivity index (χ1v) is 8.27. The van der Waals surface area contributed by atoms with Gasteiger partial charge in [0.2, 0.25) is 10.0 Å². The van der Waals surface area contributed by atoms with Crippen LogP contribution in [0.2, 0.25) is 0 Å². The lowest BCUT2D eigenvalue weighted by Crippen LogP contribution is -2.42. The molecular weight excluding hydrogens is 279 g/mol. The van der Waals surface area contributed by atoms with Crippen molar-refractivity contribution in [2.75, 3.05) is 19.6 Å². The van der Waals surface area contributed by atoms with Crippen molar-refractivity contribution in [2.24, 2.45) is 5.41 Å². The molecule has 2 rings (SSSR count). The van der Waals surface area contributed by atoms with Crippen molar-refractivity contribution >= 4 is 10.0 Å². The Morgan fingerprint density at radius 1 is 1.35 bits per heavy atom. The highest BCUT2D eigenvalue weighted by atomic mass is 32.2. The van der Waals surface area contributed by atoms with E-state index in [9.17, 15) is 12.8 Å². The minimum atomic E-state index is -3.66. The Balaban J connectivity index is 2.13. The molecule has 0 aromatic heterocycles. The zero-order valence-corrected chi connectivity index (χ0v) is 12.7. The second kappa shape index (κ2) is 5.79. The summed E-state index contributed by atoms with van der Waals surface area (Å²) < 4.78 is 40.5. The quantitative estimate of drug-likeness (QED) is 0.891. The van der Waals surface area contributed by atoms with Gasteiger partial charge in [0.25, 0.3) is 0 Å². The number of rotatable bonds is 4. The summed E-state index contributed by atoms with van der Waals surface area (Å²) in [5.74, 6) is -0.538. The molecule has 1 aliphatic heterocycles. The number of nitrogens with one attached hydrogen (secondary N) is 2. The van der Waals surface area contributed by atoms with Crippen LogP contribution >= 0.6 is 0 Å². The molecule has 0 atom stereocenters. The minimum Gasteiger partial charge on any atom is -0.317 e. The molecule has 1 heterocycles. The number of piperidine rings is 1. The predicted molar refractivity (Wildman–Crippen MR) is 76.5 cm³/mol. The Labute approximate surface area is 119 Å². The number of benzene rings is 1. The van der Waals surface area contributed by atoms with Crippen LogP contribution in [0.3, 0.4) is 0 Å². The molecule has 1 saturated heterocycles. The third-order valence-electron chi connectivity index (χ3n) is 3.94. The maximum atomic E-state index is 13.2. The predicted octanol–water partition coefficient (Wildman–Crippen LogP) is 1.80. The van der Waals surface area contributed by atoms with Gasteiger partial charge < -0.3 is 5.32 Å². The summed E-state index contributed by atoms with van der Waals surface area (Å²) in [5.41, 5.74) is 0.508. The molecule has 0 bridgehead atoms. The van der Waals surface area contributed by atoms with Gasteiger partial charge in [-0.2, -0.15) is 0 Å². The van der Waals surface area contributed by atoms with Gasteiger partial charge in [0, 0.05) is 6.54 Å². The highest BCUT2D eigenvalue weighted by Gasteiger charge is 2.29. The summed E-state index contributed by atoms with van der Waals surface area (Å²) in [6, 6.07) is 3.82. The summed E-state index contributed by atoms with van der Waals surface area (Å²) in [4.78, 5) is 0.0232. The number of halogens is 1. The summed E-state index contributed by atoms with van der Waals surface area (Å²) in [7, 11) is -3.66. The molecule has 1 aliphatic rings. The Kier molecular flexibility index (Phi) is 4.46. The Bertz CT molecular complexity index is 581. The maximum Gasteiger partial charge on any atom is 0.240 e. The standard InChI is InChI=1S/C14H21FN2O2S/c1-11-3-4-12(15)9-13(11)20(18,19)17-10-14(2)5-7-16-8-6-14/h3-4,9,16-17H,5-8,10H2,1-2H3. The van der Waals surface area contributed by atoms with E-state index in [4.69, 9.17) is 0 Å². The van der Waals surface area contributed by atoms with Crippen molar-refractivity contribution in [2.45, 2.75) is 31.6 Å². The monoisotopic (exact) mass is 300 g/mol. The Morgan fingerprint density at radius 3 is 2.65 bits per heavy atom. The molecule has 1 aromatic rings. The molecule has 112 valence electrons. The van der Waals surface area contributed by atoms with Crippen LogP contribution < -0.4 is 10.0 Å². The molecule has 0 spiro atoms. The van der Waals surface area contributed by atoms with Crippen molar-refractivity contribution in [3.63, 3.8) is 0 Å². The molecule has 4 nitrogen and oxygen atoms in total. The molecule has 1 aromatic carbocycles. The summed E-state index contributed by atoms with van der Waals surface area (Å²) >= 11 is 0. The van der Waals surface area contributed by atoms with Gasteiger partial charge >= 0.3 is 0 Å². The van der Waals surface area contributed by atoms with Crippen LogP contribution in [0.4, 0.5) is 4.39 Å². The van der Waals surface area contributed by atoms with Gasteiger partial charge in [-0.05, 0) is 56.0 Å². The molecule has 20 heavy (non-hydrogen) atoms. The van der Waals surface area contributed by atoms with Crippen molar-refractivity contribution < 1.29 is 12.8 Å². The lowest BCUT2D eigenvalue weighted by Gasteiger charge is -2.34. The van der Waals surface area contributed by atoms with E-state index >= 15 is 0 Å². The van der Waals surface area contributed by atoms with E-state index < -0.39 is 15.8 Å². The molecule has 2 N–H and O–H groups in total. The van der Waals surface area contributed by atoms with Gasteiger partial charge in [-0.25, -0.2) is 17.5 Å². The third kappa shape index (κ3) is 3.56. The summed E-state index contributed by atoms with van der Waals surface area (Å²) in [6.45, 7) is 5.93. The van der Waals surface area contributed by atoms with E-state index in [0.29, 0.717) is 12.1 Å². The van der Waals surface area contributed by atoms with E-state index in [-0.39, 0.29) is 10.3 Å². The average Bonchev–Trinajstić information content (AvgIpc) is 2.40. The number of aryl methyl sites for hydroxylation is 1. The fourth-order valence-corrected chi connectivity index (χ4v) is 3.87. The minimum absolute atomic E-state index is 0.0232. The molecule has 0 unspecified atom stereocenters. The fraction of sp³-hybridized carbons (Fsp3) is 0.571. The highest BCUT2D eigenvalue weighted by Crippen LogP contribution is 2.27. The van der Waals surface area contributed by atoms with Crippen molar-refractivity contribution in [3.05, 3.63) is 29.6 Å². The SMILES string of the molecule is Cc1ccc(F)cc1S(=O)(=O)NCC1(C)CCNCC1. The molecular formula is C14H21FN2O2S. The number of hydrogen-bond acceptors (Lipinski definition) is 3. The molecule has 0 saturated carbocycles. The first-order valence-electron chi connectivity index (χ1n) is 6.79. The van der Waals surface area contributed by atoms with Crippen LogP contribution in [-0.4, -0.2) is 28.1 Å². The maximum absolute atomic E-state index is 13.2. The van der Waals surface area contributed by atoms with Crippen LogP contribution in [0.25, 0.3) is 0 Å². The molecule has 0 aliphatic carbocycles. The topological polar surface area (TPSA) is 58.2 Å². The highest BCUT2D eigenvalue weighted by molar-refractivity contribution is 7.89. The van der Waals surface area contributed by atoms with Gasteiger partial charge in [-0.1, -0.05) is 13.0 Å². The number of hydrogen-bond donors (Lipinski definition) is 2. The van der Waals surface area contributed by atoms with Crippen LogP contribution in [0.1, 0.15) is 25.3 Å². The van der Waals surface area contributed by atoms with Crippen LogP contribution in [-0.2, 0) is 10.0 Å². The molecule has 0 amide bonds. The van der Waals surface area contributed by atoms with Crippen LogP contribution in [0.15, 0.2) is 23.1 Å². The van der Waals surface area contributed by atoms with E-state index in [1.54, 1.807) is 6.92 Å².